The Bertz CT molecular complexity index is 429. The monoisotopic (exact) mass is 281 g/mol. The van der Waals surface area contributed by atoms with Crippen LogP contribution in [0.4, 0.5) is 0 Å². The van der Waals surface area contributed by atoms with E-state index in [0.29, 0.717) is 11.7 Å². The van der Waals surface area contributed by atoms with Crippen LogP contribution in [0.1, 0.15) is 43.0 Å². The Hall–Kier alpha value is -0.670. The quantitative estimate of drug-likeness (QED) is 0.830. The number of hydrogen-bond acceptors (Lipinski definition) is 2. The molecule has 0 fully saturated rings. The first-order valence-corrected chi connectivity index (χ1v) is 8.52. The zero-order valence-electron chi connectivity index (χ0n) is 12.8. The van der Waals surface area contributed by atoms with Gasteiger partial charge in [0, 0.05) is 28.3 Å². The lowest BCUT2D eigenvalue weighted by atomic mass is 10.0. The minimum atomic E-state index is -0.748. The summed E-state index contributed by atoms with van der Waals surface area (Å²) in [5.74, 6) is 2.13. The molecular weight excluding hydrogens is 254 g/mol. The van der Waals surface area contributed by atoms with Crippen molar-refractivity contribution in [2.45, 2.75) is 40.2 Å². The van der Waals surface area contributed by atoms with E-state index in [0.717, 1.165) is 12.2 Å². The summed E-state index contributed by atoms with van der Waals surface area (Å²) in [4.78, 5) is 0. The molecule has 1 N–H and O–H groups in total. The van der Waals surface area contributed by atoms with Gasteiger partial charge in [-0.3, -0.25) is 4.21 Å². The molecular formula is C16H27NOS. The SMILES string of the molecule is CNC(CS(=O)CCC(C)C)c1cc(C)ccc1C. The van der Waals surface area contributed by atoms with Crippen molar-refractivity contribution in [3.63, 3.8) is 0 Å². The lowest BCUT2D eigenvalue weighted by Gasteiger charge is -2.19. The molecule has 0 aliphatic heterocycles. The number of hydrogen-bond donors (Lipinski definition) is 1. The molecule has 0 spiro atoms. The molecule has 0 aliphatic carbocycles. The number of nitrogens with one attached hydrogen (secondary N) is 1. The molecule has 0 saturated heterocycles. The molecule has 1 rings (SSSR count). The molecule has 0 bridgehead atoms. The lowest BCUT2D eigenvalue weighted by molar-refractivity contribution is 0.607. The van der Waals surface area contributed by atoms with E-state index in [9.17, 15) is 4.21 Å². The summed E-state index contributed by atoms with van der Waals surface area (Å²) in [5, 5.41) is 3.31. The van der Waals surface area contributed by atoms with Crippen molar-refractivity contribution < 1.29 is 4.21 Å². The van der Waals surface area contributed by atoms with Crippen molar-refractivity contribution in [1.29, 1.82) is 0 Å². The number of benzene rings is 1. The highest BCUT2D eigenvalue weighted by Crippen LogP contribution is 2.20. The Balaban J connectivity index is 2.72. The van der Waals surface area contributed by atoms with Gasteiger partial charge in [-0.2, -0.15) is 0 Å². The molecule has 108 valence electrons. The van der Waals surface area contributed by atoms with Crippen molar-refractivity contribution >= 4 is 10.8 Å². The topological polar surface area (TPSA) is 29.1 Å². The molecule has 2 unspecified atom stereocenters. The van der Waals surface area contributed by atoms with Crippen LogP contribution in [0.3, 0.4) is 0 Å². The predicted octanol–water partition coefficient (Wildman–Crippen LogP) is 3.36. The molecule has 3 heteroatoms. The third-order valence-corrected chi connectivity index (χ3v) is 4.83. The van der Waals surface area contributed by atoms with Gasteiger partial charge in [0.05, 0.1) is 0 Å². The van der Waals surface area contributed by atoms with Gasteiger partial charge in [0.25, 0.3) is 0 Å². The standard InChI is InChI=1S/C16H27NOS/c1-12(2)8-9-19(18)11-16(17-5)15-10-13(3)6-7-14(15)4/h6-7,10,12,16-17H,8-9,11H2,1-5H3. The fraction of sp³-hybridized carbons (Fsp3) is 0.625. The highest BCUT2D eigenvalue weighted by Gasteiger charge is 2.15. The average Bonchev–Trinajstić information content (AvgIpc) is 2.36. The number of aryl methyl sites for hydroxylation is 2. The molecule has 2 atom stereocenters. The van der Waals surface area contributed by atoms with Crippen molar-refractivity contribution in [1.82, 2.24) is 5.32 Å². The van der Waals surface area contributed by atoms with Crippen LogP contribution in [-0.4, -0.2) is 22.8 Å². The molecule has 0 saturated carbocycles. The Morgan fingerprint density at radius 3 is 2.53 bits per heavy atom. The van der Waals surface area contributed by atoms with Gasteiger partial charge < -0.3 is 5.32 Å². The van der Waals surface area contributed by atoms with E-state index in [4.69, 9.17) is 0 Å². The normalized spacial score (nSPS) is 14.6. The third kappa shape index (κ3) is 5.45. The van der Waals surface area contributed by atoms with Crippen LogP contribution in [0.5, 0.6) is 0 Å². The van der Waals surface area contributed by atoms with Gasteiger partial charge in [0.15, 0.2) is 0 Å². The van der Waals surface area contributed by atoms with E-state index in [1.807, 2.05) is 7.05 Å². The summed E-state index contributed by atoms with van der Waals surface area (Å²) < 4.78 is 12.2. The fourth-order valence-electron chi connectivity index (χ4n) is 2.10. The molecule has 0 aliphatic rings. The van der Waals surface area contributed by atoms with Crippen molar-refractivity contribution in [2.75, 3.05) is 18.6 Å². The Morgan fingerprint density at radius 1 is 1.26 bits per heavy atom. The minimum Gasteiger partial charge on any atom is -0.312 e. The summed E-state index contributed by atoms with van der Waals surface area (Å²) in [6.07, 6.45) is 1.04. The molecule has 2 nitrogen and oxygen atoms in total. The maximum atomic E-state index is 12.2. The highest BCUT2D eigenvalue weighted by atomic mass is 32.2. The summed E-state index contributed by atoms with van der Waals surface area (Å²) in [6.45, 7) is 8.58. The van der Waals surface area contributed by atoms with Crippen LogP contribution < -0.4 is 5.32 Å². The summed E-state index contributed by atoms with van der Waals surface area (Å²) in [7, 11) is 1.20. The zero-order valence-corrected chi connectivity index (χ0v) is 13.6. The first-order valence-electron chi connectivity index (χ1n) is 7.03. The molecule has 1 aromatic carbocycles. The smallest absolute Gasteiger partial charge is 0.0437 e. The first kappa shape index (κ1) is 16.4. The van der Waals surface area contributed by atoms with E-state index in [1.54, 1.807) is 0 Å². The van der Waals surface area contributed by atoms with Gasteiger partial charge in [0.1, 0.15) is 0 Å². The Kier molecular flexibility index (Phi) is 6.73. The van der Waals surface area contributed by atoms with Gasteiger partial charge in [-0.25, -0.2) is 0 Å². The van der Waals surface area contributed by atoms with Gasteiger partial charge in [-0.05, 0) is 44.4 Å². The van der Waals surface area contributed by atoms with Crippen molar-refractivity contribution in [3.8, 4) is 0 Å². The largest absolute Gasteiger partial charge is 0.312 e. The average molecular weight is 281 g/mol. The van der Waals surface area contributed by atoms with E-state index in [2.05, 4.69) is 51.2 Å². The summed E-state index contributed by atoms with van der Waals surface area (Å²) in [5.41, 5.74) is 3.81. The molecule has 19 heavy (non-hydrogen) atoms. The fourth-order valence-corrected chi connectivity index (χ4v) is 3.72. The Morgan fingerprint density at radius 2 is 1.95 bits per heavy atom. The van der Waals surface area contributed by atoms with Crippen LogP contribution in [0, 0.1) is 19.8 Å². The van der Waals surface area contributed by atoms with Gasteiger partial charge in [0.2, 0.25) is 0 Å². The Labute approximate surface area is 120 Å². The maximum Gasteiger partial charge on any atom is 0.0437 e. The van der Waals surface area contributed by atoms with Crippen molar-refractivity contribution in [3.05, 3.63) is 34.9 Å². The second kappa shape index (κ2) is 7.81. The van der Waals surface area contributed by atoms with Gasteiger partial charge >= 0.3 is 0 Å². The molecule has 0 aromatic heterocycles. The zero-order chi connectivity index (χ0) is 14.4. The van der Waals surface area contributed by atoms with Crippen LogP contribution >= 0.6 is 0 Å². The highest BCUT2D eigenvalue weighted by molar-refractivity contribution is 7.85. The van der Waals surface area contributed by atoms with Gasteiger partial charge in [-0.1, -0.05) is 37.6 Å². The lowest BCUT2D eigenvalue weighted by Crippen LogP contribution is -2.24. The predicted molar refractivity (Wildman–Crippen MR) is 85.0 cm³/mol. The van der Waals surface area contributed by atoms with Crippen LogP contribution in [-0.2, 0) is 10.8 Å². The minimum absolute atomic E-state index is 0.188. The second-order valence-electron chi connectivity index (χ2n) is 5.69. The second-order valence-corrected chi connectivity index (χ2v) is 7.32. The van der Waals surface area contributed by atoms with E-state index < -0.39 is 10.8 Å². The first-order chi connectivity index (χ1) is 8.93. The maximum absolute atomic E-state index is 12.2. The third-order valence-electron chi connectivity index (χ3n) is 3.43. The molecule has 1 aromatic rings. The van der Waals surface area contributed by atoms with Gasteiger partial charge in [-0.15, -0.1) is 0 Å². The molecule has 0 radical (unpaired) electrons. The van der Waals surface area contributed by atoms with E-state index in [1.165, 1.54) is 16.7 Å². The molecule has 0 amide bonds. The van der Waals surface area contributed by atoms with Crippen LogP contribution in [0.15, 0.2) is 18.2 Å². The van der Waals surface area contributed by atoms with E-state index >= 15 is 0 Å². The number of rotatable bonds is 7. The van der Waals surface area contributed by atoms with Crippen LogP contribution in [0.25, 0.3) is 0 Å². The molecule has 0 heterocycles. The van der Waals surface area contributed by atoms with Crippen molar-refractivity contribution in [2.24, 2.45) is 5.92 Å². The van der Waals surface area contributed by atoms with Crippen LogP contribution in [0.2, 0.25) is 0 Å². The van der Waals surface area contributed by atoms with E-state index in [-0.39, 0.29) is 6.04 Å². The summed E-state index contributed by atoms with van der Waals surface area (Å²) in [6, 6.07) is 6.66. The summed E-state index contributed by atoms with van der Waals surface area (Å²) >= 11 is 0.